The van der Waals surface area contributed by atoms with Crippen molar-refractivity contribution in [3.63, 3.8) is 0 Å². The molecular weight excluding hydrogens is 295 g/mol. The number of hydrogen-bond donors (Lipinski definition) is 0. The average molecular weight is 331 g/mol. The van der Waals surface area contributed by atoms with Crippen molar-refractivity contribution in [1.82, 2.24) is 0 Å². The SMILES string of the molecule is CCCCCCCCCCCCCCCCC=C[SeH]. The summed E-state index contributed by atoms with van der Waals surface area (Å²) >= 11 is 2.51. The molecule has 19 heavy (non-hydrogen) atoms. The molecule has 0 bridgehead atoms. The second kappa shape index (κ2) is 18.3. The van der Waals surface area contributed by atoms with Crippen LogP contribution in [-0.4, -0.2) is 16.0 Å². The van der Waals surface area contributed by atoms with Gasteiger partial charge in [0.05, 0.1) is 0 Å². The molecule has 0 aliphatic heterocycles. The van der Waals surface area contributed by atoms with E-state index in [1.165, 1.54) is 96.3 Å². The predicted octanol–water partition coefficient (Wildman–Crippen LogP) is 6.27. The van der Waals surface area contributed by atoms with E-state index in [9.17, 15) is 0 Å². The average Bonchev–Trinajstić information content (AvgIpc) is 2.43. The van der Waals surface area contributed by atoms with E-state index in [1.807, 2.05) is 0 Å². The van der Waals surface area contributed by atoms with E-state index in [0.717, 1.165) is 0 Å². The predicted molar refractivity (Wildman–Crippen MR) is 91.2 cm³/mol. The van der Waals surface area contributed by atoms with E-state index in [4.69, 9.17) is 0 Å². The van der Waals surface area contributed by atoms with Crippen molar-refractivity contribution >= 4 is 16.0 Å². The van der Waals surface area contributed by atoms with Gasteiger partial charge in [-0.2, -0.15) is 0 Å². The molecule has 0 rings (SSSR count). The number of hydrogen-bond acceptors (Lipinski definition) is 0. The van der Waals surface area contributed by atoms with Crippen LogP contribution in [0, 0.1) is 0 Å². The van der Waals surface area contributed by atoms with Crippen molar-refractivity contribution in [3.05, 3.63) is 11.1 Å². The van der Waals surface area contributed by atoms with E-state index < -0.39 is 0 Å². The first-order valence-corrected chi connectivity index (χ1v) is 9.79. The molecule has 0 unspecified atom stereocenters. The minimum atomic E-state index is 1.27. The van der Waals surface area contributed by atoms with Gasteiger partial charge in [-0.05, 0) is 0 Å². The van der Waals surface area contributed by atoms with E-state index in [1.54, 1.807) is 0 Å². The third-order valence-electron chi connectivity index (χ3n) is 3.83. The van der Waals surface area contributed by atoms with Crippen LogP contribution in [0.5, 0.6) is 0 Å². The summed E-state index contributed by atoms with van der Waals surface area (Å²) in [6, 6.07) is 0. The van der Waals surface area contributed by atoms with Gasteiger partial charge in [0, 0.05) is 0 Å². The van der Waals surface area contributed by atoms with Crippen LogP contribution >= 0.6 is 0 Å². The van der Waals surface area contributed by atoms with Crippen molar-refractivity contribution < 1.29 is 0 Å². The van der Waals surface area contributed by atoms with Gasteiger partial charge in [-0.1, -0.05) is 39.0 Å². The van der Waals surface area contributed by atoms with Gasteiger partial charge in [-0.25, -0.2) is 0 Å². The Morgan fingerprint density at radius 1 is 0.579 bits per heavy atom. The van der Waals surface area contributed by atoms with Gasteiger partial charge >= 0.3 is 91.3 Å². The zero-order chi connectivity index (χ0) is 14.0. The van der Waals surface area contributed by atoms with Gasteiger partial charge in [-0.15, -0.1) is 0 Å². The van der Waals surface area contributed by atoms with Gasteiger partial charge in [-0.3, -0.25) is 0 Å². The molecule has 0 aromatic rings. The van der Waals surface area contributed by atoms with E-state index in [0.29, 0.717) is 0 Å². The molecular formula is C18H36Se. The molecule has 114 valence electrons. The summed E-state index contributed by atoms with van der Waals surface area (Å²) in [5.74, 6) is 0. The summed E-state index contributed by atoms with van der Waals surface area (Å²) < 4.78 is 0. The maximum absolute atomic E-state index is 2.51. The molecule has 0 aromatic carbocycles. The minimum absolute atomic E-state index is 1.27. The Balaban J connectivity index is 2.91. The Kier molecular flexibility index (Phi) is 18.5. The van der Waals surface area contributed by atoms with E-state index in [2.05, 4.69) is 34.0 Å². The maximum atomic E-state index is 2.51. The van der Waals surface area contributed by atoms with Crippen molar-refractivity contribution in [3.8, 4) is 0 Å². The van der Waals surface area contributed by atoms with Crippen molar-refractivity contribution in [2.75, 3.05) is 0 Å². The van der Waals surface area contributed by atoms with Crippen LogP contribution in [0.1, 0.15) is 103 Å². The van der Waals surface area contributed by atoms with Gasteiger partial charge in [0.15, 0.2) is 0 Å². The molecule has 0 spiro atoms. The monoisotopic (exact) mass is 332 g/mol. The van der Waals surface area contributed by atoms with Gasteiger partial charge in [0.1, 0.15) is 0 Å². The Labute approximate surface area is 130 Å². The van der Waals surface area contributed by atoms with Crippen molar-refractivity contribution in [1.29, 1.82) is 0 Å². The third kappa shape index (κ3) is 18.3. The Morgan fingerprint density at radius 2 is 0.947 bits per heavy atom. The summed E-state index contributed by atoms with van der Waals surface area (Å²) in [6.45, 7) is 2.29. The molecule has 0 amide bonds. The summed E-state index contributed by atoms with van der Waals surface area (Å²) in [5.41, 5.74) is 0. The molecule has 0 aromatic heterocycles. The van der Waals surface area contributed by atoms with Gasteiger partial charge in [0.25, 0.3) is 0 Å². The molecule has 0 heterocycles. The number of allylic oxidation sites excluding steroid dienone is 1. The fraction of sp³-hybridized carbons (Fsp3) is 0.889. The Hall–Kier alpha value is 0.259. The van der Waals surface area contributed by atoms with Gasteiger partial charge < -0.3 is 0 Å². The molecule has 0 radical (unpaired) electrons. The van der Waals surface area contributed by atoms with E-state index in [-0.39, 0.29) is 0 Å². The summed E-state index contributed by atoms with van der Waals surface area (Å²) in [6.07, 6.45) is 23.8. The Bertz CT molecular complexity index is 175. The van der Waals surface area contributed by atoms with Gasteiger partial charge in [0.2, 0.25) is 0 Å². The summed E-state index contributed by atoms with van der Waals surface area (Å²) in [4.78, 5) is 2.11. The second-order valence-corrected chi connectivity index (χ2v) is 6.40. The number of rotatable bonds is 15. The van der Waals surface area contributed by atoms with Crippen LogP contribution in [0.15, 0.2) is 11.1 Å². The summed E-state index contributed by atoms with van der Waals surface area (Å²) in [7, 11) is 0. The second-order valence-electron chi connectivity index (χ2n) is 5.77. The zero-order valence-electron chi connectivity index (χ0n) is 13.2. The molecule has 0 N–H and O–H groups in total. The molecule has 0 fully saturated rings. The summed E-state index contributed by atoms with van der Waals surface area (Å²) in [5, 5.41) is 0. The van der Waals surface area contributed by atoms with Crippen molar-refractivity contribution in [2.24, 2.45) is 0 Å². The fourth-order valence-corrected chi connectivity index (χ4v) is 2.84. The van der Waals surface area contributed by atoms with Crippen LogP contribution in [0.4, 0.5) is 0 Å². The molecule has 0 aliphatic rings. The first kappa shape index (κ1) is 19.3. The standard InChI is InChI=1S/C18H36Se/c1-2-3-4-5-6-7-8-9-10-11-12-13-14-15-16-17-18-19/h17-19H,2-16H2,1H3. The molecule has 1 heteroatoms. The normalized spacial score (nSPS) is 11.5. The third-order valence-corrected chi connectivity index (χ3v) is 4.27. The molecule has 0 saturated heterocycles. The molecule has 0 aliphatic carbocycles. The molecule has 0 saturated carbocycles. The molecule has 0 atom stereocenters. The first-order valence-electron chi connectivity index (χ1n) is 8.71. The Morgan fingerprint density at radius 3 is 1.32 bits per heavy atom. The van der Waals surface area contributed by atoms with Crippen LogP contribution in [0.2, 0.25) is 0 Å². The van der Waals surface area contributed by atoms with Crippen molar-refractivity contribution in [2.45, 2.75) is 103 Å². The quantitative estimate of drug-likeness (QED) is 0.245. The fourth-order valence-electron chi connectivity index (χ4n) is 2.53. The van der Waals surface area contributed by atoms with Crippen LogP contribution in [0.3, 0.4) is 0 Å². The van der Waals surface area contributed by atoms with Crippen LogP contribution in [-0.2, 0) is 0 Å². The molecule has 0 nitrogen and oxygen atoms in total. The number of unbranched alkanes of at least 4 members (excludes halogenated alkanes) is 14. The topological polar surface area (TPSA) is 0 Å². The van der Waals surface area contributed by atoms with E-state index >= 15 is 0 Å². The zero-order valence-corrected chi connectivity index (χ0v) is 15.1. The van der Waals surface area contributed by atoms with Crippen LogP contribution in [0.25, 0.3) is 0 Å². The van der Waals surface area contributed by atoms with Crippen LogP contribution < -0.4 is 0 Å². The first-order chi connectivity index (χ1) is 9.41.